The van der Waals surface area contributed by atoms with E-state index in [2.05, 4.69) is 15.8 Å². The maximum atomic E-state index is 12.6. The third kappa shape index (κ3) is 3.30. The molecule has 0 radical (unpaired) electrons. The summed E-state index contributed by atoms with van der Waals surface area (Å²) in [6, 6.07) is 11.9. The highest BCUT2D eigenvalue weighted by Crippen LogP contribution is 2.35. The van der Waals surface area contributed by atoms with Crippen LogP contribution >= 0.6 is 0 Å². The first-order valence-corrected chi connectivity index (χ1v) is 9.36. The number of nitrogens with zero attached hydrogens (tertiary/aromatic N) is 1. The molecular formula is C21H17N3O6. The molecule has 2 N–H and O–H groups in total. The first-order chi connectivity index (χ1) is 14.6. The second-order valence-electron chi connectivity index (χ2n) is 6.85. The van der Waals surface area contributed by atoms with Crippen molar-refractivity contribution in [3.05, 3.63) is 48.2 Å². The maximum absolute atomic E-state index is 12.6. The molecule has 5 rings (SSSR count). The lowest BCUT2D eigenvalue weighted by Crippen LogP contribution is -2.34. The summed E-state index contributed by atoms with van der Waals surface area (Å²) in [5.74, 6) is 1.57. The fourth-order valence-corrected chi connectivity index (χ4v) is 3.20. The van der Waals surface area contributed by atoms with Crippen LogP contribution in [0.5, 0.6) is 17.2 Å². The lowest BCUT2D eigenvalue weighted by atomic mass is 10.1. The molecule has 0 bridgehead atoms. The summed E-state index contributed by atoms with van der Waals surface area (Å²) in [7, 11) is 0. The fraction of sp³-hybridized carbons (Fsp3) is 0.190. The zero-order valence-electron chi connectivity index (χ0n) is 15.9. The molecule has 0 unspecified atom stereocenters. The minimum Gasteiger partial charge on any atom is -0.486 e. The van der Waals surface area contributed by atoms with Crippen LogP contribution < -0.4 is 24.8 Å². The monoisotopic (exact) mass is 407 g/mol. The Balaban J connectivity index is 1.33. The van der Waals surface area contributed by atoms with Crippen LogP contribution in [0, 0.1) is 0 Å². The van der Waals surface area contributed by atoms with Gasteiger partial charge in [-0.05, 0) is 43.3 Å². The highest BCUT2D eigenvalue weighted by molar-refractivity contribution is 6.04. The van der Waals surface area contributed by atoms with E-state index < -0.39 is 12.0 Å². The van der Waals surface area contributed by atoms with Crippen LogP contribution in [0.25, 0.3) is 11.3 Å². The molecule has 0 fully saturated rings. The van der Waals surface area contributed by atoms with Gasteiger partial charge in [-0.25, -0.2) is 0 Å². The van der Waals surface area contributed by atoms with Gasteiger partial charge in [0, 0.05) is 17.3 Å². The van der Waals surface area contributed by atoms with E-state index in [1.54, 1.807) is 43.3 Å². The number of rotatable bonds is 3. The number of hydrogen-bond donors (Lipinski definition) is 2. The lowest BCUT2D eigenvalue weighted by molar-refractivity contribution is -0.122. The van der Waals surface area contributed by atoms with Crippen molar-refractivity contribution in [3.8, 4) is 28.6 Å². The average Bonchev–Trinajstić information content (AvgIpc) is 3.25. The van der Waals surface area contributed by atoms with Gasteiger partial charge in [-0.15, -0.1) is 0 Å². The molecule has 9 nitrogen and oxygen atoms in total. The Morgan fingerprint density at radius 1 is 1.07 bits per heavy atom. The van der Waals surface area contributed by atoms with Gasteiger partial charge < -0.3 is 29.4 Å². The molecule has 0 saturated carbocycles. The number of ether oxygens (including phenoxy) is 3. The number of fused-ring (bicyclic) bond motifs is 2. The van der Waals surface area contributed by atoms with E-state index in [1.165, 1.54) is 0 Å². The molecule has 152 valence electrons. The molecule has 9 heteroatoms. The number of anilines is 2. The normalized spacial score (nSPS) is 16.8. The maximum Gasteiger partial charge on any atom is 0.277 e. The number of carbonyl (C=O) groups is 2. The van der Waals surface area contributed by atoms with Crippen molar-refractivity contribution in [1.29, 1.82) is 0 Å². The minimum absolute atomic E-state index is 0.117. The molecule has 2 aromatic carbocycles. The highest BCUT2D eigenvalue weighted by atomic mass is 16.6. The Bertz CT molecular complexity index is 1160. The first kappa shape index (κ1) is 18.0. The molecule has 1 aromatic heterocycles. The van der Waals surface area contributed by atoms with Gasteiger partial charge >= 0.3 is 0 Å². The topological polar surface area (TPSA) is 112 Å². The smallest absolute Gasteiger partial charge is 0.277 e. The Morgan fingerprint density at radius 3 is 2.73 bits per heavy atom. The van der Waals surface area contributed by atoms with Crippen LogP contribution in [0.4, 0.5) is 11.4 Å². The van der Waals surface area contributed by atoms with Crippen LogP contribution in [0.1, 0.15) is 17.4 Å². The number of aromatic nitrogens is 1. The fourth-order valence-electron chi connectivity index (χ4n) is 3.20. The molecule has 1 atom stereocenters. The van der Waals surface area contributed by atoms with Gasteiger partial charge in [-0.1, -0.05) is 5.16 Å². The first-order valence-electron chi connectivity index (χ1n) is 9.36. The van der Waals surface area contributed by atoms with E-state index in [-0.39, 0.29) is 11.6 Å². The van der Waals surface area contributed by atoms with E-state index in [1.807, 2.05) is 6.07 Å². The van der Waals surface area contributed by atoms with E-state index in [4.69, 9.17) is 18.7 Å². The summed E-state index contributed by atoms with van der Waals surface area (Å²) in [6.07, 6.45) is -0.563. The SMILES string of the molecule is C[C@@H]1Oc2ccc(NC(=O)c3cc(-c4ccc5c(c4)OCCO5)on3)cc2NC1=O. The predicted molar refractivity (Wildman–Crippen MR) is 106 cm³/mol. The standard InChI is InChI=1S/C21H17N3O6/c1-11-20(25)23-14-9-13(3-5-16(14)29-11)22-21(26)15-10-18(30-24-15)12-2-4-17-19(8-12)28-7-6-27-17/h2-5,8-11H,6-7H2,1H3,(H,22,26)(H,23,25)/t11-/m0/s1. The molecule has 2 amide bonds. The van der Waals surface area contributed by atoms with E-state index >= 15 is 0 Å². The highest BCUT2D eigenvalue weighted by Gasteiger charge is 2.24. The summed E-state index contributed by atoms with van der Waals surface area (Å²) in [5, 5.41) is 9.33. The number of amides is 2. The number of hydrogen-bond acceptors (Lipinski definition) is 7. The van der Waals surface area contributed by atoms with E-state index in [0.29, 0.717) is 53.2 Å². The Morgan fingerprint density at radius 2 is 1.87 bits per heavy atom. The third-order valence-electron chi connectivity index (χ3n) is 4.74. The van der Waals surface area contributed by atoms with Gasteiger partial charge in [0.1, 0.15) is 19.0 Å². The van der Waals surface area contributed by atoms with Crippen LogP contribution in [-0.2, 0) is 4.79 Å². The number of nitrogens with one attached hydrogen (secondary N) is 2. The van der Waals surface area contributed by atoms with Crippen molar-refractivity contribution in [3.63, 3.8) is 0 Å². The zero-order valence-corrected chi connectivity index (χ0v) is 15.9. The van der Waals surface area contributed by atoms with Crippen molar-refractivity contribution in [1.82, 2.24) is 5.16 Å². The molecule has 0 spiro atoms. The minimum atomic E-state index is -0.563. The molecule has 0 aliphatic carbocycles. The van der Waals surface area contributed by atoms with Crippen LogP contribution in [0.15, 0.2) is 47.0 Å². The molecule has 30 heavy (non-hydrogen) atoms. The van der Waals surface area contributed by atoms with Crippen LogP contribution in [0.3, 0.4) is 0 Å². The number of carbonyl (C=O) groups excluding carboxylic acids is 2. The molecule has 3 heterocycles. The van der Waals surface area contributed by atoms with Crippen LogP contribution in [-0.4, -0.2) is 36.3 Å². The van der Waals surface area contributed by atoms with Crippen LogP contribution in [0.2, 0.25) is 0 Å². The summed E-state index contributed by atoms with van der Waals surface area (Å²) in [6.45, 7) is 2.65. The molecule has 2 aliphatic rings. The van der Waals surface area contributed by atoms with Crippen molar-refractivity contribution >= 4 is 23.2 Å². The lowest BCUT2D eigenvalue weighted by Gasteiger charge is -2.23. The van der Waals surface area contributed by atoms with Crippen molar-refractivity contribution in [2.45, 2.75) is 13.0 Å². The van der Waals surface area contributed by atoms with Crippen molar-refractivity contribution < 1.29 is 28.3 Å². The quantitative estimate of drug-likeness (QED) is 0.686. The summed E-state index contributed by atoms with van der Waals surface area (Å²) >= 11 is 0. The largest absolute Gasteiger partial charge is 0.486 e. The second-order valence-corrected chi connectivity index (χ2v) is 6.85. The molecular weight excluding hydrogens is 390 g/mol. The number of benzene rings is 2. The summed E-state index contributed by atoms with van der Waals surface area (Å²) in [4.78, 5) is 24.4. The third-order valence-corrected chi connectivity index (χ3v) is 4.74. The molecule has 3 aromatic rings. The van der Waals surface area contributed by atoms with Crippen molar-refractivity contribution in [2.24, 2.45) is 0 Å². The molecule has 2 aliphatic heterocycles. The second kappa shape index (κ2) is 7.11. The van der Waals surface area contributed by atoms with Crippen molar-refractivity contribution in [2.75, 3.05) is 23.8 Å². The van der Waals surface area contributed by atoms with E-state index in [9.17, 15) is 9.59 Å². The van der Waals surface area contributed by atoms with Gasteiger partial charge in [0.05, 0.1) is 5.69 Å². The van der Waals surface area contributed by atoms with Gasteiger partial charge in [-0.2, -0.15) is 0 Å². The Labute approximate surface area is 170 Å². The average molecular weight is 407 g/mol. The van der Waals surface area contributed by atoms with Gasteiger partial charge in [0.15, 0.2) is 29.1 Å². The van der Waals surface area contributed by atoms with E-state index in [0.717, 1.165) is 0 Å². The van der Waals surface area contributed by atoms with Gasteiger partial charge in [0.25, 0.3) is 11.8 Å². The Kier molecular flexibility index (Phi) is 4.27. The predicted octanol–water partition coefficient (Wildman–Crippen LogP) is 3.08. The van der Waals surface area contributed by atoms with Gasteiger partial charge in [0.2, 0.25) is 0 Å². The van der Waals surface area contributed by atoms with Gasteiger partial charge in [-0.3, -0.25) is 9.59 Å². The zero-order chi connectivity index (χ0) is 20.7. The summed E-state index contributed by atoms with van der Waals surface area (Å²) in [5.41, 5.74) is 1.81. The summed E-state index contributed by atoms with van der Waals surface area (Å²) < 4.78 is 21.9. The Hall–Kier alpha value is -4.01. The molecule has 0 saturated heterocycles.